The molecule has 26 heavy (non-hydrogen) atoms. The molecule has 0 bridgehead atoms. The molecule has 1 rings (SSSR count). The zero-order valence-corrected chi connectivity index (χ0v) is 17.8. The molecule has 0 fully saturated rings. The van der Waals surface area contributed by atoms with Gasteiger partial charge in [0.2, 0.25) is 15.6 Å². The molecule has 6 nitrogen and oxygen atoms in total. The van der Waals surface area contributed by atoms with Crippen molar-refractivity contribution in [3.05, 3.63) is 24.3 Å². The molecule has 1 aromatic carbocycles. The molecule has 1 aromatic rings. The fourth-order valence-electron chi connectivity index (χ4n) is 1.72. The summed E-state index contributed by atoms with van der Waals surface area (Å²) < 4.78 is -1.83. The summed E-state index contributed by atoms with van der Waals surface area (Å²) in [6.45, 7) is 6.63. The standard InChI is InChI=1S/C16H21Cl3N4O2S/c1-9(24)20-10-6-5-7-11(8-10)21-14(26)23-12(16(17,18)19)22-13(25)15(2,3)4/h5-8,12H,1-4H3,(H,20,24)(H,22,25)(H2,21,23,26)/t12-/m1/s1. The first kappa shape index (κ1) is 22.8. The van der Waals surface area contributed by atoms with Gasteiger partial charge in [0.25, 0.3) is 0 Å². The van der Waals surface area contributed by atoms with E-state index >= 15 is 0 Å². The Balaban J connectivity index is 2.81. The molecule has 0 aliphatic carbocycles. The molecule has 4 N–H and O–H groups in total. The molecular weight excluding hydrogens is 419 g/mol. The Bertz CT molecular complexity index is 687. The first-order valence-electron chi connectivity index (χ1n) is 7.62. The minimum absolute atomic E-state index is 0.135. The molecule has 144 valence electrons. The van der Waals surface area contributed by atoms with Gasteiger partial charge in [0.15, 0.2) is 5.11 Å². The van der Waals surface area contributed by atoms with E-state index in [2.05, 4.69) is 21.3 Å². The minimum atomic E-state index is -1.83. The number of nitrogens with one attached hydrogen (secondary N) is 4. The van der Waals surface area contributed by atoms with Crippen LogP contribution in [0.5, 0.6) is 0 Å². The number of amides is 2. The lowest BCUT2D eigenvalue weighted by Gasteiger charge is -2.30. The Morgan fingerprint density at radius 3 is 2.04 bits per heavy atom. The molecule has 0 spiro atoms. The van der Waals surface area contributed by atoms with E-state index in [-0.39, 0.29) is 16.9 Å². The minimum Gasteiger partial charge on any atom is -0.339 e. The van der Waals surface area contributed by atoms with Gasteiger partial charge in [-0.1, -0.05) is 61.6 Å². The highest BCUT2D eigenvalue weighted by molar-refractivity contribution is 7.80. The Morgan fingerprint density at radius 2 is 1.58 bits per heavy atom. The summed E-state index contributed by atoms with van der Waals surface area (Å²) in [5.41, 5.74) is 0.542. The maximum absolute atomic E-state index is 12.2. The van der Waals surface area contributed by atoms with Crippen molar-refractivity contribution in [3.63, 3.8) is 0 Å². The summed E-state index contributed by atoms with van der Waals surface area (Å²) in [6, 6.07) is 6.91. The summed E-state index contributed by atoms with van der Waals surface area (Å²) in [5, 5.41) is 11.1. The molecule has 0 aromatic heterocycles. The van der Waals surface area contributed by atoms with Crippen LogP contribution in [0.25, 0.3) is 0 Å². The number of benzene rings is 1. The van der Waals surface area contributed by atoms with Crippen LogP contribution >= 0.6 is 47.0 Å². The molecule has 1 atom stereocenters. The number of carbonyl (C=O) groups excluding carboxylic acids is 2. The Labute approximate surface area is 173 Å². The molecule has 0 saturated carbocycles. The van der Waals surface area contributed by atoms with E-state index in [0.717, 1.165) is 0 Å². The highest BCUT2D eigenvalue weighted by Crippen LogP contribution is 2.30. The van der Waals surface area contributed by atoms with Gasteiger partial charge in [-0.2, -0.15) is 0 Å². The summed E-state index contributed by atoms with van der Waals surface area (Å²) in [5.74, 6) is -0.499. The molecule has 0 saturated heterocycles. The van der Waals surface area contributed by atoms with Crippen molar-refractivity contribution in [2.45, 2.75) is 37.7 Å². The van der Waals surface area contributed by atoms with Crippen LogP contribution in [0.4, 0.5) is 11.4 Å². The molecule has 0 unspecified atom stereocenters. The fraction of sp³-hybridized carbons (Fsp3) is 0.438. The van der Waals surface area contributed by atoms with Gasteiger partial charge in [0, 0.05) is 23.7 Å². The maximum Gasteiger partial charge on any atom is 0.228 e. The topological polar surface area (TPSA) is 82.3 Å². The van der Waals surface area contributed by atoms with Crippen molar-refractivity contribution in [1.82, 2.24) is 10.6 Å². The number of hydrogen-bond donors (Lipinski definition) is 4. The highest BCUT2D eigenvalue weighted by Gasteiger charge is 2.36. The Kier molecular flexibility index (Phi) is 7.95. The van der Waals surface area contributed by atoms with Crippen LogP contribution in [0.15, 0.2) is 24.3 Å². The van der Waals surface area contributed by atoms with Gasteiger partial charge in [0.05, 0.1) is 0 Å². The van der Waals surface area contributed by atoms with Crippen molar-refractivity contribution in [1.29, 1.82) is 0 Å². The molecule has 0 aliphatic heterocycles. The Morgan fingerprint density at radius 1 is 1.04 bits per heavy atom. The van der Waals surface area contributed by atoms with Gasteiger partial charge < -0.3 is 21.3 Å². The summed E-state index contributed by atoms with van der Waals surface area (Å²) in [6.07, 6.45) is -1.04. The van der Waals surface area contributed by atoms with Gasteiger partial charge in [-0.25, -0.2) is 0 Å². The maximum atomic E-state index is 12.2. The van der Waals surface area contributed by atoms with E-state index in [9.17, 15) is 9.59 Å². The van der Waals surface area contributed by atoms with Gasteiger partial charge in [-0.05, 0) is 30.4 Å². The first-order chi connectivity index (χ1) is 11.8. The molecule has 2 amide bonds. The lowest BCUT2D eigenvalue weighted by atomic mass is 9.95. The second-order valence-electron chi connectivity index (χ2n) is 6.56. The van der Waals surface area contributed by atoms with Crippen LogP contribution in [0.1, 0.15) is 27.7 Å². The smallest absolute Gasteiger partial charge is 0.228 e. The second-order valence-corrected chi connectivity index (χ2v) is 9.34. The third-order valence-corrected chi connectivity index (χ3v) is 3.87. The van der Waals surface area contributed by atoms with Gasteiger partial charge in [0.1, 0.15) is 6.17 Å². The summed E-state index contributed by atoms with van der Waals surface area (Å²) in [7, 11) is 0. The Hall–Kier alpha value is -1.28. The highest BCUT2D eigenvalue weighted by atomic mass is 35.6. The van der Waals surface area contributed by atoms with E-state index in [4.69, 9.17) is 47.0 Å². The number of hydrogen-bond acceptors (Lipinski definition) is 3. The monoisotopic (exact) mass is 438 g/mol. The average molecular weight is 440 g/mol. The average Bonchev–Trinajstić information content (AvgIpc) is 2.43. The van der Waals surface area contributed by atoms with E-state index in [1.165, 1.54) is 6.92 Å². The predicted octanol–water partition coefficient (Wildman–Crippen LogP) is 3.79. The van der Waals surface area contributed by atoms with E-state index in [1.54, 1.807) is 45.0 Å². The fourth-order valence-corrected chi connectivity index (χ4v) is 2.29. The van der Waals surface area contributed by atoms with Crippen LogP contribution in [0, 0.1) is 5.41 Å². The normalized spacial score (nSPS) is 12.7. The van der Waals surface area contributed by atoms with Gasteiger partial charge in [-0.3, -0.25) is 9.59 Å². The SMILES string of the molecule is CC(=O)Nc1cccc(NC(=S)N[C@@H](NC(=O)C(C)(C)C)C(Cl)(Cl)Cl)c1. The van der Waals surface area contributed by atoms with Crippen LogP contribution in [0.2, 0.25) is 0 Å². The van der Waals surface area contributed by atoms with Crippen LogP contribution in [0.3, 0.4) is 0 Å². The van der Waals surface area contributed by atoms with Crippen LogP contribution < -0.4 is 21.3 Å². The van der Waals surface area contributed by atoms with Gasteiger partial charge >= 0.3 is 0 Å². The van der Waals surface area contributed by atoms with Crippen LogP contribution in [-0.2, 0) is 9.59 Å². The molecule has 10 heteroatoms. The van der Waals surface area contributed by atoms with Crippen molar-refractivity contribution in [2.24, 2.45) is 5.41 Å². The molecule has 0 radical (unpaired) electrons. The summed E-state index contributed by atoms with van der Waals surface area (Å²) in [4.78, 5) is 23.3. The van der Waals surface area contributed by atoms with Crippen LogP contribution in [-0.4, -0.2) is 26.9 Å². The molecule has 0 aliphatic rings. The number of carbonyl (C=O) groups is 2. The zero-order chi connectivity index (χ0) is 20.1. The van der Waals surface area contributed by atoms with Crippen molar-refractivity contribution in [3.8, 4) is 0 Å². The first-order valence-corrected chi connectivity index (χ1v) is 9.16. The van der Waals surface area contributed by atoms with Crippen molar-refractivity contribution in [2.75, 3.05) is 10.6 Å². The quantitative estimate of drug-likeness (QED) is 0.326. The third-order valence-electron chi connectivity index (χ3n) is 3.00. The predicted molar refractivity (Wildman–Crippen MR) is 112 cm³/mol. The molecule has 0 heterocycles. The second kappa shape index (κ2) is 9.08. The summed E-state index contributed by atoms with van der Waals surface area (Å²) >= 11 is 23.0. The van der Waals surface area contributed by atoms with Crippen molar-refractivity contribution >= 4 is 75.3 Å². The lowest BCUT2D eigenvalue weighted by molar-refractivity contribution is -0.129. The van der Waals surface area contributed by atoms with Crippen molar-refractivity contribution < 1.29 is 9.59 Å². The largest absolute Gasteiger partial charge is 0.339 e. The lowest BCUT2D eigenvalue weighted by Crippen LogP contribution is -2.58. The number of alkyl halides is 3. The number of thiocarbonyl (C=S) groups is 1. The number of anilines is 2. The third kappa shape index (κ3) is 7.95. The van der Waals surface area contributed by atoms with Gasteiger partial charge in [-0.15, -0.1) is 0 Å². The van der Waals surface area contributed by atoms with E-state index in [0.29, 0.717) is 11.4 Å². The van der Waals surface area contributed by atoms with E-state index < -0.39 is 15.4 Å². The van der Waals surface area contributed by atoms with E-state index in [1.807, 2.05) is 0 Å². The number of rotatable bonds is 4. The zero-order valence-electron chi connectivity index (χ0n) is 14.7. The molecular formula is C16H21Cl3N4O2S. The number of halogens is 3.